The van der Waals surface area contributed by atoms with Gasteiger partial charge < -0.3 is 9.13 Å². The van der Waals surface area contributed by atoms with Crippen molar-refractivity contribution in [1.29, 1.82) is 0 Å². The Labute approximate surface area is 269 Å². The van der Waals surface area contributed by atoms with Crippen molar-refractivity contribution in [2.24, 2.45) is 0 Å². The number of rotatable bonds is 0. The maximum Gasteiger partial charge on any atom is 0.252 e. The third kappa shape index (κ3) is 2.46. The van der Waals surface area contributed by atoms with Gasteiger partial charge in [0.05, 0.1) is 22.1 Å². The van der Waals surface area contributed by atoms with E-state index in [0.717, 1.165) is 0 Å². The number of hydrogen-bond donors (Lipinski definition) is 0. The van der Waals surface area contributed by atoms with Crippen LogP contribution >= 0.6 is 0 Å². The molecular formula is C44H23BN2. The standard InChI is InChI=1S/C44H23BN2/c1-2-12-26-24(10-1)22-32-43-39(26)31-15-5-6-18-34(31)46(43)36-20-9-21-37-42(36)45(32)33-23-25-11-7-16-29-27-13-3-4-14-28(27)30-17-8-19-35-40(30)41(38(25)29)44(33)47(35)37/h1-23H. The van der Waals surface area contributed by atoms with E-state index < -0.39 is 0 Å². The fourth-order valence-electron chi connectivity index (χ4n) is 9.98. The van der Waals surface area contributed by atoms with Gasteiger partial charge in [0.1, 0.15) is 0 Å². The quantitative estimate of drug-likeness (QED) is 0.156. The molecule has 2 aromatic heterocycles. The first-order chi connectivity index (χ1) is 23.4. The van der Waals surface area contributed by atoms with Crippen molar-refractivity contribution in [2.75, 3.05) is 0 Å². The molecule has 0 unspecified atom stereocenters. The molecule has 0 radical (unpaired) electrons. The highest BCUT2D eigenvalue weighted by Gasteiger charge is 2.42. The molecule has 2 aliphatic heterocycles. The molecule has 8 aromatic carbocycles. The van der Waals surface area contributed by atoms with E-state index in [9.17, 15) is 0 Å². The number of hydrogen-bond acceptors (Lipinski definition) is 0. The van der Waals surface area contributed by atoms with Crippen LogP contribution in [0.1, 0.15) is 0 Å². The number of benzene rings is 8. The topological polar surface area (TPSA) is 9.86 Å². The van der Waals surface area contributed by atoms with Crippen LogP contribution in [0.25, 0.3) is 98.8 Å². The highest BCUT2D eigenvalue weighted by atomic mass is 15.0. The van der Waals surface area contributed by atoms with Crippen LogP contribution in [0, 0.1) is 0 Å². The molecular weight excluding hydrogens is 567 g/mol. The Morgan fingerprint density at radius 1 is 0.383 bits per heavy atom. The van der Waals surface area contributed by atoms with Gasteiger partial charge in [-0.25, -0.2) is 0 Å². The number of nitrogens with zero attached hydrogens (tertiary/aromatic N) is 2. The fraction of sp³-hybridized carbons (Fsp3) is 0. The summed E-state index contributed by atoms with van der Waals surface area (Å²) in [7, 11) is 0. The van der Waals surface area contributed by atoms with Crippen molar-refractivity contribution in [2.45, 2.75) is 0 Å². The first-order valence-corrected chi connectivity index (χ1v) is 16.6. The van der Waals surface area contributed by atoms with Gasteiger partial charge in [-0.1, -0.05) is 115 Å². The van der Waals surface area contributed by atoms with Crippen LogP contribution in [0.4, 0.5) is 0 Å². The molecule has 3 aliphatic rings. The van der Waals surface area contributed by atoms with Gasteiger partial charge in [-0.15, -0.1) is 0 Å². The fourth-order valence-corrected chi connectivity index (χ4v) is 9.98. The minimum atomic E-state index is 0.115. The molecule has 47 heavy (non-hydrogen) atoms. The monoisotopic (exact) mass is 590 g/mol. The van der Waals surface area contributed by atoms with E-state index in [2.05, 4.69) is 149 Å². The smallest absolute Gasteiger partial charge is 0.252 e. The van der Waals surface area contributed by atoms with Gasteiger partial charge >= 0.3 is 0 Å². The first-order valence-electron chi connectivity index (χ1n) is 16.6. The molecule has 0 bridgehead atoms. The van der Waals surface area contributed by atoms with Gasteiger partial charge in [-0.05, 0) is 84.5 Å². The summed E-state index contributed by atoms with van der Waals surface area (Å²) in [5, 5.41) is 10.8. The Morgan fingerprint density at radius 2 is 0.936 bits per heavy atom. The lowest BCUT2D eigenvalue weighted by Crippen LogP contribution is -2.59. The molecule has 0 saturated heterocycles. The summed E-state index contributed by atoms with van der Waals surface area (Å²) >= 11 is 0. The lowest BCUT2D eigenvalue weighted by Gasteiger charge is -2.34. The van der Waals surface area contributed by atoms with E-state index in [1.807, 2.05) is 0 Å². The number of para-hydroxylation sites is 1. The van der Waals surface area contributed by atoms with E-state index in [-0.39, 0.29) is 6.71 Å². The van der Waals surface area contributed by atoms with E-state index in [1.54, 1.807) is 0 Å². The third-order valence-corrected chi connectivity index (χ3v) is 11.6. The van der Waals surface area contributed by atoms with Crippen LogP contribution in [0.5, 0.6) is 0 Å². The van der Waals surface area contributed by atoms with Crippen LogP contribution in [-0.2, 0) is 0 Å². The highest BCUT2D eigenvalue weighted by Crippen LogP contribution is 2.50. The Bertz CT molecular complexity index is 3140. The lowest BCUT2D eigenvalue weighted by atomic mass is 9.34. The van der Waals surface area contributed by atoms with Crippen molar-refractivity contribution >= 4 is 88.3 Å². The lowest BCUT2D eigenvalue weighted by molar-refractivity contribution is 1.14. The second-order valence-electron chi connectivity index (χ2n) is 13.6. The Kier molecular flexibility index (Phi) is 3.80. The minimum Gasteiger partial charge on any atom is -0.310 e. The third-order valence-electron chi connectivity index (χ3n) is 11.6. The molecule has 2 nitrogen and oxygen atoms in total. The molecule has 3 heteroatoms. The van der Waals surface area contributed by atoms with E-state index in [4.69, 9.17) is 0 Å². The molecule has 0 amide bonds. The molecule has 1 aliphatic carbocycles. The molecule has 212 valence electrons. The Balaban J connectivity index is 1.32. The van der Waals surface area contributed by atoms with Crippen molar-refractivity contribution in [3.05, 3.63) is 140 Å². The van der Waals surface area contributed by atoms with Crippen molar-refractivity contribution in [3.63, 3.8) is 0 Å². The molecule has 0 saturated carbocycles. The van der Waals surface area contributed by atoms with Gasteiger partial charge in [-0.3, -0.25) is 0 Å². The van der Waals surface area contributed by atoms with Gasteiger partial charge in [0, 0.05) is 32.9 Å². The minimum absolute atomic E-state index is 0.115. The SMILES string of the molecule is c1ccc2c(c1)-c1cccc3cc4c5c(c13)c1c-2cccc1n5-c1cccc2c1B4c1cc3ccccc3c3c4ccccc4n-2c13. The second kappa shape index (κ2) is 7.66. The number of fused-ring (bicyclic) bond motifs is 13. The normalized spacial score (nSPS) is 13.5. The predicted molar refractivity (Wildman–Crippen MR) is 199 cm³/mol. The molecule has 4 heterocycles. The summed E-state index contributed by atoms with van der Waals surface area (Å²) in [4.78, 5) is 0. The van der Waals surface area contributed by atoms with Crippen LogP contribution < -0.4 is 16.4 Å². The summed E-state index contributed by atoms with van der Waals surface area (Å²) in [5.41, 5.74) is 17.4. The molecule has 13 rings (SSSR count). The van der Waals surface area contributed by atoms with E-state index in [0.29, 0.717) is 0 Å². The summed E-state index contributed by atoms with van der Waals surface area (Å²) in [6.07, 6.45) is 0. The van der Waals surface area contributed by atoms with Crippen LogP contribution in [-0.4, -0.2) is 15.8 Å². The zero-order valence-corrected chi connectivity index (χ0v) is 25.3. The summed E-state index contributed by atoms with van der Waals surface area (Å²) in [6, 6.07) is 52.9. The van der Waals surface area contributed by atoms with Crippen LogP contribution in [0.3, 0.4) is 0 Å². The molecule has 10 aromatic rings. The van der Waals surface area contributed by atoms with Gasteiger partial charge in [0.25, 0.3) is 6.71 Å². The van der Waals surface area contributed by atoms with Crippen LogP contribution in [0.2, 0.25) is 0 Å². The first kappa shape index (κ1) is 23.3. The number of aromatic nitrogens is 2. The van der Waals surface area contributed by atoms with E-state index >= 15 is 0 Å². The molecule has 0 spiro atoms. The zero-order valence-electron chi connectivity index (χ0n) is 25.3. The second-order valence-corrected chi connectivity index (χ2v) is 13.6. The Hall–Kier alpha value is -6.06. The van der Waals surface area contributed by atoms with Crippen molar-refractivity contribution in [3.8, 4) is 33.6 Å². The molecule has 0 N–H and O–H groups in total. The van der Waals surface area contributed by atoms with Crippen molar-refractivity contribution in [1.82, 2.24) is 9.13 Å². The van der Waals surface area contributed by atoms with Gasteiger partial charge in [-0.2, -0.15) is 0 Å². The summed E-state index contributed by atoms with van der Waals surface area (Å²) < 4.78 is 5.18. The average molecular weight is 590 g/mol. The van der Waals surface area contributed by atoms with Gasteiger partial charge in [0.15, 0.2) is 0 Å². The summed E-state index contributed by atoms with van der Waals surface area (Å²) in [6.45, 7) is 0.115. The highest BCUT2D eigenvalue weighted by molar-refractivity contribution is 7.00. The zero-order chi connectivity index (χ0) is 30.1. The summed E-state index contributed by atoms with van der Waals surface area (Å²) in [5.74, 6) is 0. The van der Waals surface area contributed by atoms with Crippen LogP contribution in [0.15, 0.2) is 140 Å². The largest absolute Gasteiger partial charge is 0.310 e. The van der Waals surface area contributed by atoms with E-state index in [1.165, 1.54) is 115 Å². The Morgan fingerprint density at radius 3 is 1.77 bits per heavy atom. The molecule has 0 fully saturated rings. The molecule has 0 atom stereocenters. The average Bonchev–Trinajstić information content (AvgIpc) is 3.62. The van der Waals surface area contributed by atoms with Gasteiger partial charge in [0.2, 0.25) is 0 Å². The predicted octanol–water partition coefficient (Wildman–Crippen LogP) is 8.98. The maximum atomic E-state index is 2.61. The van der Waals surface area contributed by atoms with Crippen molar-refractivity contribution < 1.29 is 0 Å². The maximum absolute atomic E-state index is 2.61.